The first-order valence-corrected chi connectivity index (χ1v) is 3.04. The van der Waals surface area contributed by atoms with Gasteiger partial charge in [0.2, 0.25) is 0 Å². The van der Waals surface area contributed by atoms with E-state index in [4.69, 9.17) is 0 Å². The molecule has 4 heteroatoms. The molecule has 0 aliphatic heterocycles. The average molecular weight is 178 g/mol. The van der Waals surface area contributed by atoms with E-state index in [2.05, 4.69) is 9.72 Å². The van der Waals surface area contributed by atoms with Gasteiger partial charge in [0.1, 0.15) is 0 Å². The zero-order valence-corrected chi connectivity index (χ0v) is 7.14. The fourth-order valence-corrected chi connectivity index (χ4v) is 0.346. The molecule has 1 aromatic heterocycles. The molecule has 0 spiro atoms. The molecule has 64 valence electrons. The summed E-state index contributed by atoms with van der Waals surface area (Å²) in [5.74, 6) is 0. The van der Waals surface area contributed by atoms with E-state index < -0.39 is 0 Å². The average Bonchev–Trinajstić information content (AvgIpc) is 2.44. The number of hydrogen-bond donors (Lipinski definition) is 1. The number of rotatable bonds is 2. The summed E-state index contributed by atoms with van der Waals surface area (Å²) in [6.45, 7) is 2.66. The van der Waals surface area contributed by atoms with Crippen molar-refractivity contribution in [3.8, 4) is 0 Å². The topological polar surface area (TPSA) is 42.1 Å². The lowest BCUT2D eigenvalue weighted by molar-refractivity contribution is -0.128. The molecule has 1 heterocycles. The van der Waals surface area contributed by atoms with E-state index in [9.17, 15) is 4.79 Å². The van der Waals surface area contributed by atoms with Crippen molar-refractivity contribution in [2.75, 3.05) is 6.61 Å². The van der Waals surface area contributed by atoms with Gasteiger partial charge in [-0.3, -0.25) is 4.79 Å². The summed E-state index contributed by atoms with van der Waals surface area (Å²) in [5, 5.41) is 0. The first-order valence-electron chi connectivity index (χ1n) is 3.04. The minimum Gasteiger partial charge on any atom is -0.468 e. The van der Waals surface area contributed by atoms with Crippen molar-refractivity contribution in [3.05, 3.63) is 24.5 Å². The number of halogens is 1. The van der Waals surface area contributed by atoms with Gasteiger partial charge in [0, 0.05) is 12.4 Å². The molecular formula is C7H12ClNO2. The molecule has 0 saturated heterocycles. The fourth-order valence-electron chi connectivity index (χ4n) is 0.346. The van der Waals surface area contributed by atoms with Crippen LogP contribution in [0.3, 0.4) is 0 Å². The molecule has 1 aromatic rings. The molecule has 0 amide bonds. The number of aromatic nitrogens is 1. The first kappa shape index (κ1) is 12.7. The number of aromatic amines is 1. The molecule has 0 aliphatic rings. The molecule has 0 bridgehead atoms. The molecule has 1 N–H and O–H groups in total. The third-order valence-corrected chi connectivity index (χ3v) is 0.731. The van der Waals surface area contributed by atoms with Gasteiger partial charge < -0.3 is 9.72 Å². The Morgan fingerprint density at radius 3 is 2.09 bits per heavy atom. The Morgan fingerprint density at radius 1 is 1.45 bits per heavy atom. The summed E-state index contributed by atoms with van der Waals surface area (Å²) in [6.07, 6.45) is 3.75. The Bertz CT molecular complexity index is 125. The second-order valence-corrected chi connectivity index (χ2v) is 1.44. The zero-order valence-electron chi connectivity index (χ0n) is 6.32. The Morgan fingerprint density at radius 2 is 2.00 bits per heavy atom. The number of H-pyrrole nitrogens is 1. The molecule has 1 rings (SSSR count). The minimum atomic E-state index is 0. The SMILES string of the molecule is CCOC=O.Cl.c1cc[nH]c1. The normalized spacial score (nSPS) is 6.64. The highest BCUT2D eigenvalue weighted by Gasteiger charge is 1.60. The lowest BCUT2D eigenvalue weighted by Gasteiger charge is -1.79. The smallest absolute Gasteiger partial charge is 0.293 e. The monoisotopic (exact) mass is 177 g/mol. The second kappa shape index (κ2) is 11.8. The first-order chi connectivity index (χ1) is 4.91. The Hall–Kier alpha value is -0.960. The third kappa shape index (κ3) is 12.3. The molecule has 0 atom stereocenters. The molecule has 0 fully saturated rings. The zero-order chi connectivity index (χ0) is 7.66. The molecule has 0 saturated carbocycles. The highest BCUT2D eigenvalue weighted by atomic mass is 35.5. The van der Waals surface area contributed by atoms with E-state index in [-0.39, 0.29) is 12.4 Å². The molecule has 11 heavy (non-hydrogen) atoms. The summed E-state index contributed by atoms with van der Waals surface area (Å²) >= 11 is 0. The Kier molecular flexibility index (Phi) is 13.6. The molecule has 0 unspecified atom stereocenters. The van der Waals surface area contributed by atoms with Crippen molar-refractivity contribution in [1.82, 2.24) is 4.98 Å². The van der Waals surface area contributed by atoms with Gasteiger partial charge in [0.25, 0.3) is 6.47 Å². The quantitative estimate of drug-likeness (QED) is 0.698. The van der Waals surface area contributed by atoms with E-state index in [0.29, 0.717) is 13.1 Å². The van der Waals surface area contributed by atoms with Crippen molar-refractivity contribution >= 4 is 18.9 Å². The van der Waals surface area contributed by atoms with Gasteiger partial charge in [-0.1, -0.05) is 0 Å². The number of ether oxygens (including phenoxy) is 1. The van der Waals surface area contributed by atoms with Gasteiger partial charge in [0.05, 0.1) is 6.61 Å². The number of carbonyl (C=O) groups is 1. The van der Waals surface area contributed by atoms with Crippen molar-refractivity contribution in [2.24, 2.45) is 0 Å². The highest BCUT2D eigenvalue weighted by molar-refractivity contribution is 5.85. The van der Waals surface area contributed by atoms with Gasteiger partial charge >= 0.3 is 0 Å². The van der Waals surface area contributed by atoms with Crippen LogP contribution in [0.4, 0.5) is 0 Å². The van der Waals surface area contributed by atoms with Crippen LogP contribution in [-0.2, 0) is 9.53 Å². The van der Waals surface area contributed by atoms with Gasteiger partial charge in [0.15, 0.2) is 0 Å². The largest absolute Gasteiger partial charge is 0.468 e. The van der Waals surface area contributed by atoms with Crippen LogP contribution < -0.4 is 0 Å². The van der Waals surface area contributed by atoms with Crippen LogP contribution in [0.1, 0.15) is 6.92 Å². The maximum absolute atomic E-state index is 9.18. The van der Waals surface area contributed by atoms with Crippen molar-refractivity contribution in [1.29, 1.82) is 0 Å². The molecule has 3 nitrogen and oxygen atoms in total. The molecular weight excluding hydrogens is 166 g/mol. The third-order valence-electron chi connectivity index (χ3n) is 0.731. The summed E-state index contributed by atoms with van der Waals surface area (Å²) < 4.78 is 4.15. The van der Waals surface area contributed by atoms with E-state index in [1.54, 1.807) is 6.92 Å². The van der Waals surface area contributed by atoms with Gasteiger partial charge in [-0.05, 0) is 19.1 Å². The van der Waals surface area contributed by atoms with E-state index in [1.807, 2.05) is 24.5 Å². The second-order valence-electron chi connectivity index (χ2n) is 1.44. The minimum absolute atomic E-state index is 0. The Labute approximate surface area is 72.2 Å². The Balaban J connectivity index is 0. The summed E-state index contributed by atoms with van der Waals surface area (Å²) in [7, 11) is 0. The fraction of sp³-hybridized carbons (Fsp3) is 0.286. The van der Waals surface area contributed by atoms with Crippen LogP contribution in [0.25, 0.3) is 0 Å². The van der Waals surface area contributed by atoms with Gasteiger partial charge in [-0.2, -0.15) is 0 Å². The van der Waals surface area contributed by atoms with Crippen molar-refractivity contribution in [2.45, 2.75) is 6.92 Å². The van der Waals surface area contributed by atoms with Crippen LogP contribution in [0.2, 0.25) is 0 Å². The number of carbonyl (C=O) groups excluding carboxylic acids is 1. The van der Waals surface area contributed by atoms with Crippen molar-refractivity contribution in [3.63, 3.8) is 0 Å². The van der Waals surface area contributed by atoms with Gasteiger partial charge in [-0.25, -0.2) is 0 Å². The van der Waals surface area contributed by atoms with Gasteiger partial charge in [-0.15, -0.1) is 12.4 Å². The van der Waals surface area contributed by atoms with Crippen LogP contribution in [0, 0.1) is 0 Å². The van der Waals surface area contributed by atoms with Crippen LogP contribution in [-0.4, -0.2) is 18.1 Å². The predicted octanol–water partition coefficient (Wildman–Crippen LogP) is 1.62. The van der Waals surface area contributed by atoms with E-state index in [0.717, 1.165) is 0 Å². The van der Waals surface area contributed by atoms with Crippen LogP contribution in [0.15, 0.2) is 24.5 Å². The highest BCUT2D eigenvalue weighted by Crippen LogP contribution is 1.72. The summed E-state index contributed by atoms with van der Waals surface area (Å²) in [5.41, 5.74) is 0. The van der Waals surface area contributed by atoms with Crippen LogP contribution >= 0.6 is 12.4 Å². The molecule has 0 aromatic carbocycles. The maximum Gasteiger partial charge on any atom is 0.293 e. The molecule has 0 aliphatic carbocycles. The lowest BCUT2D eigenvalue weighted by Crippen LogP contribution is -1.80. The van der Waals surface area contributed by atoms with E-state index in [1.165, 1.54) is 0 Å². The molecule has 0 radical (unpaired) electrons. The lowest BCUT2D eigenvalue weighted by atomic mass is 10.7. The summed E-state index contributed by atoms with van der Waals surface area (Å²) in [4.78, 5) is 12.0. The standard InChI is InChI=1S/C4H5N.C3H6O2.ClH/c1-2-4-5-3-1;1-2-5-3-4;/h1-5H;3H,2H2,1H3;1H. The van der Waals surface area contributed by atoms with Crippen molar-refractivity contribution < 1.29 is 9.53 Å². The van der Waals surface area contributed by atoms with Crippen LogP contribution in [0.5, 0.6) is 0 Å². The summed E-state index contributed by atoms with van der Waals surface area (Å²) in [6, 6.07) is 3.89. The number of hydrogen-bond acceptors (Lipinski definition) is 2. The predicted molar refractivity (Wildman–Crippen MR) is 45.7 cm³/mol. The maximum atomic E-state index is 9.18. The number of nitrogens with one attached hydrogen (secondary N) is 1. The van der Waals surface area contributed by atoms with E-state index >= 15 is 0 Å².